The Morgan fingerprint density at radius 3 is 2.17 bits per heavy atom. The number of morpholine rings is 1. The predicted molar refractivity (Wildman–Crippen MR) is 94.2 cm³/mol. The van der Waals surface area contributed by atoms with Crippen molar-refractivity contribution < 1.29 is 17.9 Å². The van der Waals surface area contributed by atoms with Crippen molar-refractivity contribution >= 4 is 10.2 Å². The number of rotatable bonds is 6. The molecule has 6 nitrogen and oxygen atoms in total. The van der Waals surface area contributed by atoms with E-state index in [2.05, 4.69) is 4.72 Å². The maximum Gasteiger partial charge on any atom is 0.280 e. The molecule has 1 aliphatic heterocycles. The smallest absolute Gasteiger partial charge is 0.280 e. The highest BCUT2D eigenvalue weighted by Crippen LogP contribution is 2.26. The molecule has 1 saturated heterocycles. The molecule has 3 unspecified atom stereocenters. The molecule has 2 rings (SSSR count). The Morgan fingerprint density at radius 1 is 1.17 bits per heavy atom. The van der Waals surface area contributed by atoms with Crippen LogP contribution in [-0.4, -0.2) is 45.1 Å². The van der Waals surface area contributed by atoms with Crippen LogP contribution in [0.2, 0.25) is 0 Å². The number of methoxy groups -OCH3 is 1. The number of hydrogen-bond donors (Lipinski definition) is 1. The van der Waals surface area contributed by atoms with Crippen LogP contribution in [0.1, 0.15) is 39.3 Å². The standard InChI is InChI=1S/C17H28N2O4S/c1-12(2)17(15-6-8-16(22-5)9-7-15)18-24(20,21)19-10-13(3)23-14(4)11-19/h6-9,12-14,17-18H,10-11H2,1-5H3. The highest BCUT2D eigenvalue weighted by atomic mass is 32.2. The van der Waals surface area contributed by atoms with Gasteiger partial charge in [0.1, 0.15) is 5.75 Å². The lowest BCUT2D eigenvalue weighted by atomic mass is 9.97. The van der Waals surface area contributed by atoms with Gasteiger partial charge >= 0.3 is 0 Å². The third kappa shape index (κ3) is 4.69. The van der Waals surface area contributed by atoms with Crippen molar-refractivity contribution in [1.29, 1.82) is 0 Å². The SMILES string of the molecule is COc1ccc(C(NS(=O)(=O)N2CC(C)OC(C)C2)C(C)C)cc1. The molecule has 1 fully saturated rings. The Balaban J connectivity index is 2.19. The molecule has 7 heteroatoms. The van der Waals surface area contributed by atoms with Crippen molar-refractivity contribution in [3.8, 4) is 5.75 Å². The summed E-state index contributed by atoms with van der Waals surface area (Å²) in [6, 6.07) is 7.19. The summed E-state index contributed by atoms with van der Waals surface area (Å²) in [5.41, 5.74) is 0.920. The molecule has 1 aliphatic rings. The fraction of sp³-hybridized carbons (Fsp3) is 0.647. The van der Waals surface area contributed by atoms with E-state index < -0.39 is 10.2 Å². The van der Waals surface area contributed by atoms with Gasteiger partial charge in [-0.25, -0.2) is 0 Å². The van der Waals surface area contributed by atoms with E-state index in [1.54, 1.807) is 7.11 Å². The van der Waals surface area contributed by atoms with Gasteiger partial charge in [0, 0.05) is 13.1 Å². The Labute approximate surface area is 145 Å². The van der Waals surface area contributed by atoms with Gasteiger partial charge in [-0.15, -0.1) is 0 Å². The summed E-state index contributed by atoms with van der Waals surface area (Å²) in [4.78, 5) is 0. The van der Waals surface area contributed by atoms with Gasteiger partial charge in [0.25, 0.3) is 10.2 Å². The summed E-state index contributed by atoms with van der Waals surface area (Å²) in [6.45, 7) is 8.52. The van der Waals surface area contributed by atoms with Crippen LogP contribution in [0, 0.1) is 5.92 Å². The van der Waals surface area contributed by atoms with E-state index >= 15 is 0 Å². The van der Waals surface area contributed by atoms with Crippen molar-refractivity contribution in [2.75, 3.05) is 20.2 Å². The number of hydrogen-bond acceptors (Lipinski definition) is 4. The maximum absolute atomic E-state index is 12.8. The highest BCUT2D eigenvalue weighted by molar-refractivity contribution is 7.87. The molecule has 0 spiro atoms. The predicted octanol–water partition coefficient (Wildman–Crippen LogP) is 2.34. The van der Waals surface area contributed by atoms with Crippen LogP contribution in [-0.2, 0) is 14.9 Å². The molecular weight excluding hydrogens is 328 g/mol. The van der Waals surface area contributed by atoms with Crippen molar-refractivity contribution in [1.82, 2.24) is 9.03 Å². The number of ether oxygens (including phenoxy) is 2. The summed E-state index contributed by atoms with van der Waals surface area (Å²) < 4.78 is 40.8. The van der Waals surface area contributed by atoms with Gasteiger partial charge in [-0.3, -0.25) is 0 Å². The minimum Gasteiger partial charge on any atom is -0.497 e. The Kier molecular flexibility index (Phi) is 6.25. The average Bonchev–Trinajstić information content (AvgIpc) is 2.51. The molecule has 1 aromatic carbocycles. The van der Waals surface area contributed by atoms with E-state index in [4.69, 9.17) is 9.47 Å². The van der Waals surface area contributed by atoms with Crippen molar-refractivity contribution in [3.63, 3.8) is 0 Å². The molecule has 0 amide bonds. The third-order valence-corrected chi connectivity index (χ3v) is 5.67. The van der Waals surface area contributed by atoms with Crippen LogP contribution in [0.15, 0.2) is 24.3 Å². The molecule has 0 aliphatic carbocycles. The molecule has 1 heterocycles. The molecule has 0 bridgehead atoms. The van der Waals surface area contributed by atoms with Gasteiger partial charge in [-0.2, -0.15) is 17.4 Å². The van der Waals surface area contributed by atoms with E-state index in [0.29, 0.717) is 13.1 Å². The van der Waals surface area contributed by atoms with Crippen LogP contribution < -0.4 is 9.46 Å². The van der Waals surface area contributed by atoms with Gasteiger partial charge in [-0.1, -0.05) is 26.0 Å². The van der Waals surface area contributed by atoms with Crippen LogP contribution >= 0.6 is 0 Å². The number of nitrogens with zero attached hydrogens (tertiary/aromatic N) is 1. The van der Waals surface area contributed by atoms with E-state index in [9.17, 15) is 8.42 Å². The van der Waals surface area contributed by atoms with E-state index in [1.807, 2.05) is 52.0 Å². The van der Waals surface area contributed by atoms with Crippen molar-refractivity contribution in [2.24, 2.45) is 5.92 Å². The summed E-state index contributed by atoms with van der Waals surface area (Å²) in [6.07, 6.45) is -0.215. The molecule has 0 saturated carbocycles. The number of nitrogens with one attached hydrogen (secondary N) is 1. The van der Waals surface area contributed by atoms with Gasteiger partial charge in [0.2, 0.25) is 0 Å². The average molecular weight is 356 g/mol. The highest BCUT2D eigenvalue weighted by Gasteiger charge is 2.33. The van der Waals surface area contributed by atoms with Crippen LogP contribution in [0.25, 0.3) is 0 Å². The molecule has 24 heavy (non-hydrogen) atoms. The summed E-state index contributed by atoms with van der Waals surface area (Å²) >= 11 is 0. The first-order valence-corrected chi connectivity index (χ1v) is 9.73. The molecule has 1 aromatic rings. The lowest BCUT2D eigenvalue weighted by molar-refractivity contribution is -0.0445. The van der Waals surface area contributed by atoms with Gasteiger partial charge in [-0.05, 0) is 37.5 Å². The molecule has 1 N–H and O–H groups in total. The van der Waals surface area contributed by atoms with E-state index in [-0.39, 0.29) is 24.2 Å². The van der Waals surface area contributed by atoms with Crippen molar-refractivity contribution in [2.45, 2.75) is 45.9 Å². The monoisotopic (exact) mass is 356 g/mol. The van der Waals surface area contributed by atoms with Crippen LogP contribution in [0.3, 0.4) is 0 Å². The van der Waals surface area contributed by atoms with Gasteiger partial charge in [0.05, 0.1) is 25.4 Å². The molecule has 0 radical (unpaired) electrons. The van der Waals surface area contributed by atoms with Crippen molar-refractivity contribution in [3.05, 3.63) is 29.8 Å². The largest absolute Gasteiger partial charge is 0.497 e. The van der Waals surface area contributed by atoms with Gasteiger partial charge < -0.3 is 9.47 Å². The molecule has 0 aromatic heterocycles. The zero-order valence-corrected chi connectivity index (χ0v) is 15.8. The minimum atomic E-state index is -3.59. The first kappa shape index (κ1) is 19.2. The fourth-order valence-corrected chi connectivity index (χ4v) is 4.65. The minimum absolute atomic E-state index is 0.108. The van der Waals surface area contributed by atoms with Gasteiger partial charge in [0.15, 0.2) is 0 Å². The molecule has 136 valence electrons. The number of benzene rings is 1. The fourth-order valence-electron chi connectivity index (χ4n) is 2.96. The second-order valence-electron chi connectivity index (χ2n) is 6.69. The topological polar surface area (TPSA) is 67.9 Å². The molecular formula is C17H28N2O4S. The summed E-state index contributed by atoms with van der Waals surface area (Å²) in [5.74, 6) is 0.865. The third-order valence-electron chi connectivity index (χ3n) is 4.14. The van der Waals surface area contributed by atoms with Crippen LogP contribution in [0.4, 0.5) is 0 Å². The lowest BCUT2D eigenvalue weighted by Gasteiger charge is -2.35. The lowest BCUT2D eigenvalue weighted by Crippen LogP contribution is -2.52. The van der Waals surface area contributed by atoms with Crippen LogP contribution in [0.5, 0.6) is 5.75 Å². The summed E-state index contributed by atoms with van der Waals surface area (Å²) in [5, 5.41) is 0. The Morgan fingerprint density at radius 2 is 1.71 bits per heavy atom. The van der Waals surface area contributed by atoms with E-state index in [0.717, 1.165) is 11.3 Å². The quantitative estimate of drug-likeness (QED) is 0.849. The first-order valence-electron chi connectivity index (χ1n) is 8.29. The zero-order chi connectivity index (χ0) is 17.9. The van der Waals surface area contributed by atoms with E-state index in [1.165, 1.54) is 4.31 Å². The maximum atomic E-state index is 12.8. The second kappa shape index (κ2) is 7.82. The molecule has 3 atom stereocenters. The zero-order valence-electron chi connectivity index (χ0n) is 15.0. The first-order chi connectivity index (χ1) is 11.2. The normalized spacial score (nSPS) is 24.1. The summed E-state index contributed by atoms with van der Waals surface area (Å²) in [7, 11) is -1.98. The Hall–Kier alpha value is -1.15. The Bertz CT molecular complexity index is 620. The second-order valence-corrected chi connectivity index (χ2v) is 8.39.